The summed E-state index contributed by atoms with van der Waals surface area (Å²) >= 11 is 0. The molecule has 1 saturated heterocycles. The molecule has 1 heterocycles. The van der Waals surface area contributed by atoms with E-state index in [9.17, 15) is 18.0 Å². The van der Waals surface area contributed by atoms with Crippen molar-refractivity contribution in [2.24, 2.45) is 0 Å². The third-order valence-electron chi connectivity index (χ3n) is 4.71. The average molecular weight is 367 g/mol. The van der Waals surface area contributed by atoms with Gasteiger partial charge in [0, 0.05) is 19.0 Å². The van der Waals surface area contributed by atoms with Crippen molar-refractivity contribution in [1.29, 1.82) is 0 Å². The van der Waals surface area contributed by atoms with Crippen molar-refractivity contribution in [1.82, 2.24) is 4.90 Å². The van der Waals surface area contributed by atoms with E-state index >= 15 is 0 Å². The van der Waals surface area contributed by atoms with Crippen LogP contribution in [0.25, 0.3) is 0 Å². The molecule has 1 fully saturated rings. The lowest BCUT2D eigenvalue weighted by atomic mass is 9.98. The highest BCUT2D eigenvalue weighted by molar-refractivity contribution is 7.94. The quantitative estimate of drug-likeness (QED) is 0.759. The van der Waals surface area contributed by atoms with Crippen LogP contribution in [-0.4, -0.2) is 61.8 Å². The van der Waals surface area contributed by atoms with E-state index in [1.807, 2.05) is 6.07 Å². The minimum Gasteiger partial charge on any atom is -0.378 e. The van der Waals surface area contributed by atoms with Gasteiger partial charge in [-0.3, -0.25) is 9.59 Å². The van der Waals surface area contributed by atoms with E-state index in [1.165, 1.54) is 18.7 Å². The molecule has 0 aromatic heterocycles. The summed E-state index contributed by atoms with van der Waals surface area (Å²) in [4.78, 5) is 26.6. The van der Waals surface area contributed by atoms with Crippen LogP contribution in [0.15, 0.2) is 30.3 Å². The molecule has 1 aromatic carbocycles. The second kappa shape index (κ2) is 7.66. The van der Waals surface area contributed by atoms with E-state index in [1.54, 1.807) is 31.2 Å². The molecule has 1 aliphatic heterocycles. The molecule has 7 heteroatoms. The van der Waals surface area contributed by atoms with Crippen molar-refractivity contribution in [3.8, 4) is 0 Å². The van der Waals surface area contributed by atoms with Gasteiger partial charge in [0.25, 0.3) is 0 Å². The molecule has 6 nitrogen and oxygen atoms in total. The number of nitrogens with zero attached hydrogens (tertiary/aromatic N) is 1. The van der Waals surface area contributed by atoms with Crippen molar-refractivity contribution in [2.45, 2.75) is 31.4 Å². The van der Waals surface area contributed by atoms with Crippen molar-refractivity contribution >= 4 is 21.5 Å². The molecule has 1 atom stereocenters. The molecule has 138 valence electrons. The predicted octanol–water partition coefficient (Wildman–Crippen LogP) is 1.41. The second-order valence-corrected chi connectivity index (χ2v) is 9.31. The number of hydrogen-bond acceptors (Lipinski definition) is 5. The summed E-state index contributed by atoms with van der Waals surface area (Å²) in [6, 6.07) is 9.03. The van der Waals surface area contributed by atoms with Crippen molar-refractivity contribution in [3.63, 3.8) is 0 Å². The first-order valence-corrected chi connectivity index (χ1v) is 9.99. The fraction of sp³-hybridized carbons (Fsp3) is 0.556. The summed E-state index contributed by atoms with van der Waals surface area (Å²) in [6.45, 7) is 5.96. The van der Waals surface area contributed by atoms with Crippen LogP contribution in [0.4, 0.5) is 0 Å². The topological polar surface area (TPSA) is 80.8 Å². The van der Waals surface area contributed by atoms with E-state index in [2.05, 4.69) is 0 Å². The standard InChI is InChI=1S/C18H25NO5S/c1-14(15-7-5-4-6-8-15)16(20)13-25(22,23)18(2,3)17(21)19-9-11-24-12-10-19/h4-8,14H,9-13H2,1-3H3/t14-/m0/s1. The number of carbonyl (C=O) groups is 2. The third kappa shape index (κ3) is 4.27. The number of carbonyl (C=O) groups excluding carboxylic acids is 2. The largest absolute Gasteiger partial charge is 0.378 e. The molecule has 25 heavy (non-hydrogen) atoms. The zero-order valence-electron chi connectivity index (χ0n) is 14.9. The Morgan fingerprint density at radius 3 is 2.28 bits per heavy atom. The molecule has 2 rings (SSSR count). The van der Waals surface area contributed by atoms with Gasteiger partial charge < -0.3 is 9.64 Å². The molecule has 0 saturated carbocycles. The fourth-order valence-electron chi connectivity index (χ4n) is 2.70. The van der Waals surface area contributed by atoms with Crippen LogP contribution < -0.4 is 0 Å². The highest BCUT2D eigenvalue weighted by atomic mass is 32.2. The molecule has 1 amide bonds. The number of amides is 1. The number of rotatable bonds is 6. The van der Waals surface area contributed by atoms with E-state index in [4.69, 9.17) is 4.74 Å². The van der Waals surface area contributed by atoms with Crippen LogP contribution >= 0.6 is 0 Å². The smallest absolute Gasteiger partial charge is 0.243 e. The van der Waals surface area contributed by atoms with Gasteiger partial charge in [-0.05, 0) is 19.4 Å². The van der Waals surface area contributed by atoms with Crippen LogP contribution in [-0.2, 0) is 24.2 Å². The van der Waals surface area contributed by atoms with Crippen LogP contribution in [0.1, 0.15) is 32.3 Å². The zero-order chi connectivity index (χ0) is 18.7. The van der Waals surface area contributed by atoms with Gasteiger partial charge >= 0.3 is 0 Å². The van der Waals surface area contributed by atoms with E-state index < -0.39 is 37.9 Å². The monoisotopic (exact) mass is 367 g/mol. The Balaban J connectivity index is 2.13. The number of morpholine rings is 1. The summed E-state index contributed by atoms with van der Waals surface area (Å²) in [5.74, 6) is -2.07. The highest BCUT2D eigenvalue weighted by Gasteiger charge is 2.45. The average Bonchev–Trinajstić information content (AvgIpc) is 2.61. The van der Waals surface area contributed by atoms with Gasteiger partial charge in [-0.25, -0.2) is 8.42 Å². The summed E-state index contributed by atoms with van der Waals surface area (Å²) in [6.07, 6.45) is 0. The van der Waals surface area contributed by atoms with Gasteiger partial charge in [-0.2, -0.15) is 0 Å². The maximum absolute atomic E-state index is 12.8. The number of ketones is 1. The lowest BCUT2D eigenvalue weighted by Crippen LogP contribution is -2.54. The van der Waals surface area contributed by atoms with Crippen LogP contribution in [0.2, 0.25) is 0 Å². The van der Waals surface area contributed by atoms with E-state index in [0.717, 1.165) is 5.56 Å². The molecule has 0 spiro atoms. The molecule has 0 aliphatic carbocycles. The van der Waals surface area contributed by atoms with Crippen LogP contribution in [0.5, 0.6) is 0 Å². The molecule has 0 unspecified atom stereocenters. The minimum atomic E-state index is -3.94. The number of sulfone groups is 1. The normalized spacial score (nSPS) is 17.2. The van der Waals surface area contributed by atoms with Gasteiger partial charge in [0.2, 0.25) is 5.91 Å². The lowest BCUT2D eigenvalue weighted by molar-refractivity contribution is -0.137. The lowest BCUT2D eigenvalue weighted by Gasteiger charge is -2.33. The third-order valence-corrected chi connectivity index (χ3v) is 7.10. The second-order valence-electron chi connectivity index (χ2n) is 6.77. The van der Waals surface area contributed by atoms with Gasteiger partial charge in [0.1, 0.15) is 10.5 Å². The first-order valence-electron chi connectivity index (χ1n) is 8.34. The Morgan fingerprint density at radius 2 is 1.72 bits per heavy atom. The Labute approximate surface area is 149 Å². The zero-order valence-corrected chi connectivity index (χ0v) is 15.7. The molecular weight excluding hydrogens is 342 g/mol. The molecule has 0 radical (unpaired) electrons. The maximum atomic E-state index is 12.8. The van der Waals surface area contributed by atoms with Crippen LogP contribution in [0, 0.1) is 0 Å². The first-order chi connectivity index (χ1) is 11.7. The molecular formula is C18H25NO5S. The van der Waals surface area contributed by atoms with E-state index in [0.29, 0.717) is 26.3 Å². The minimum absolute atomic E-state index is 0.367. The van der Waals surface area contributed by atoms with Gasteiger partial charge in [0.15, 0.2) is 15.6 Å². The van der Waals surface area contributed by atoms with Crippen molar-refractivity contribution in [2.75, 3.05) is 32.1 Å². The van der Waals surface area contributed by atoms with Crippen molar-refractivity contribution in [3.05, 3.63) is 35.9 Å². The van der Waals surface area contributed by atoms with Crippen molar-refractivity contribution < 1.29 is 22.7 Å². The molecule has 0 bridgehead atoms. The molecule has 1 aliphatic rings. The maximum Gasteiger partial charge on any atom is 0.243 e. The number of benzene rings is 1. The number of hydrogen-bond donors (Lipinski definition) is 0. The van der Waals surface area contributed by atoms with Gasteiger partial charge in [-0.15, -0.1) is 0 Å². The number of ether oxygens (including phenoxy) is 1. The highest BCUT2D eigenvalue weighted by Crippen LogP contribution is 2.24. The SMILES string of the molecule is C[C@H](C(=O)CS(=O)(=O)C(C)(C)C(=O)N1CCOCC1)c1ccccc1. The number of Topliss-reactive ketones (excluding diaryl/α,β-unsaturated/α-hetero) is 1. The summed E-state index contributed by atoms with van der Waals surface area (Å²) < 4.78 is 29.1. The Kier molecular flexibility index (Phi) is 6.00. The fourth-order valence-corrected chi connectivity index (χ4v) is 4.08. The molecule has 0 N–H and O–H groups in total. The summed E-state index contributed by atoms with van der Waals surface area (Å²) in [7, 11) is -3.94. The molecule has 1 aromatic rings. The first kappa shape index (κ1) is 19.6. The van der Waals surface area contributed by atoms with Gasteiger partial charge in [-0.1, -0.05) is 37.3 Å². The Bertz CT molecular complexity index is 721. The summed E-state index contributed by atoms with van der Waals surface area (Å²) in [5, 5.41) is 0. The van der Waals surface area contributed by atoms with Crippen LogP contribution in [0.3, 0.4) is 0 Å². The Morgan fingerprint density at radius 1 is 1.16 bits per heavy atom. The van der Waals surface area contributed by atoms with Gasteiger partial charge in [0.05, 0.1) is 13.2 Å². The van der Waals surface area contributed by atoms with E-state index in [-0.39, 0.29) is 0 Å². The summed E-state index contributed by atoms with van der Waals surface area (Å²) in [5.41, 5.74) is 0.764. The predicted molar refractivity (Wildman–Crippen MR) is 95.1 cm³/mol. The Hall–Kier alpha value is -1.73.